The van der Waals surface area contributed by atoms with Gasteiger partial charge in [-0.3, -0.25) is 14.6 Å². The molecule has 7 N–H and O–H groups in total. The maximum Gasteiger partial charge on any atom is 0.408 e. The number of nitrogens with two attached hydrogens (primary N) is 2. The fraction of sp³-hybridized carbons (Fsp3) is 0.364. The molecule has 0 saturated heterocycles. The third-order valence-corrected chi connectivity index (χ3v) is 6.64. The van der Waals surface area contributed by atoms with Crippen LogP contribution in [0.4, 0.5) is 4.79 Å². The number of aldehydes is 1. The van der Waals surface area contributed by atoms with Crippen LogP contribution in [0, 0.1) is 0 Å². The van der Waals surface area contributed by atoms with Crippen molar-refractivity contribution in [1.82, 2.24) is 16.0 Å². The molecule has 0 bridgehead atoms. The number of fused-ring (bicyclic) bond motifs is 1. The van der Waals surface area contributed by atoms with Crippen LogP contribution in [-0.2, 0) is 32.0 Å². The molecule has 0 saturated carbocycles. The lowest BCUT2D eigenvalue weighted by Crippen LogP contribution is -2.56. The van der Waals surface area contributed by atoms with Crippen molar-refractivity contribution in [3.05, 3.63) is 83.9 Å². The van der Waals surface area contributed by atoms with Crippen molar-refractivity contribution in [2.24, 2.45) is 16.5 Å². The van der Waals surface area contributed by atoms with Gasteiger partial charge in [0.2, 0.25) is 11.8 Å². The minimum atomic E-state index is -1.06. The SMILES string of the molecule is CC(C)(C)OC(=O)N[C@H](Cc1ccc2ccccc2c1)C(=O)N[C@@H](Cc1ccccc1)C(=O)N[C@H](C=O)CCCN=C(N)N. The first-order valence-electron chi connectivity index (χ1n) is 14.6. The molecule has 0 spiro atoms. The van der Waals surface area contributed by atoms with Crippen LogP contribution in [0.2, 0.25) is 0 Å². The van der Waals surface area contributed by atoms with Crippen molar-refractivity contribution >= 4 is 40.9 Å². The van der Waals surface area contributed by atoms with Gasteiger partial charge in [0.15, 0.2) is 5.96 Å². The number of hydrogen-bond donors (Lipinski definition) is 5. The summed E-state index contributed by atoms with van der Waals surface area (Å²) >= 11 is 0. The lowest BCUT2D eigenvalue weighted by molar-refractivity contribution is -0.131. The number of carbonyl (C=O) groups excluding carboxylic acids is 4. The van der Waals surface area contributed by atoms with Gasteiger partial charge in [0.05, 0.1) is 6.04 Å². The normalized spacial score (nSPS) is 13.2. The Bertz CT molecular complexity index is 1450. The van der Waals surface area contributed by atoms with Crippen LogP contribution < -0.4 is 27.4 Å². The smallest absolute Gasteiger partial charge is 0.408 e. The van der Waals surface area contributed by atoms with Gasteiger partial charge in [-0.25, -0.2) is 4.79 Å². The highest BCUT2D eigenvalue weighted by Gasteiger charge is 2.30. The minimum Gasteiger partial charge on any atom is -0.444 e. The Morgan fingerprint density at radius 2 is 1.43 bits per heavy atom. The molecule has 0 aliphatic heterocycles. The van der Waals surface area contributed by atoms with Gasteiger partial charge in [0.1, 0.15) is 24.0 Å². The van der Waals surface area contributed by atoms with Crippen molar-refractivity contribution in [1.29, 1.82) is 0 Å². The number of ether oxygens (including phenoxy) is 1. The fourth-order valence-corrected chi connectivity index (χ4v) is 4.57. The summed E-state index contributed by atoms with van der Waals surface area (Å²) in [5.74, 6) is -1.17. The molecule has 11 heteroatoms. The van der Waals surface area contributed by atoms with Gasteiger partial charge in [0.25, 0.3) is 0 Å². The second-order valence-corrected chi connectivity index (χ2v) is 11.5. The van der Waals surface area contributed by atoms with E-state index in [1.54, 1.807) is 20.8 Å². The molecule has 3 atom stereocenters. The average Bonchev–Trinajstić information content (AvgIpc) is 2.97. The van der Waals surface area contributed by atoms with E-state index in [1.165, 1.54) is 0 Å². The number of hydrogen-bond acceptors (Lipinski definition) is 6. The van der Waals surface area contributed by atoms with Crippen LogP contribution in [0.3, 0.4) is 0 Å². The Balaban J connectivity index is 1.83. The summed E-state index contributed by atoms with van der Waals surface area (Å²) in [7, 11) is 0. The number of guanidine groups is 1. The molecule has 0 fully saturated rings. The highest BCUT2D eigenvalue weighted by Crippen LogP contribution is 2.17. The van der Waals surface area contributed by atoms with E-state index in [2.05, 4.69) is 20.9 Å². The van der Waals surface area contributed by atoms with Gasteiger partial charge in [0, 0.05) is 19.4 Å². The van der Waals surface area contributed by atoms with Crippen molar-refractivity contribution in [3.63, 3.8) is 0 Å². The van der Waals surface area contributed by atoms with Crippen LogP contribution in [0.1, 0.15) is 44.7 Å². The van der Waals surface area contributed by atoms with Crippen LogP contribution in [-0.4, -0.2) is 60.4 Å². The molecular formula is C33H42N6O5. The lowest BCUT2D eigenvalue weighted by atomic mass is 10.00. The van der Waals surface area contributed by atoms with E-state index in [0.29, 0.717) is 25.7 Å². The van der Waals surface area contributed by atoms with Gasteiger partial charge in [-0.1, -0.05) is 72.8 Å². The Labute approximate surface area is 257 Å². The summed E-state index contributed by atoms with van der Waals surface area (Å²) in [6.07, 6.45) is 0.962. The molecule has 0 unspecified atom stereocenters. The number of nitrogens with zero attached hydrogens (tertiary/aromatic N) is 1. The first-order valence-corrected chi connectivity index (χ1v) is 14.6. The minimum absolute atomic E-state index is 0.0550. The third kappa shape index (κ3) is 11.4. The van der Waals surface area contributed by atoms with E-state index in [0.717, 1.165) is 21.9 Å². The highest BCUT2D eigenvalue weighted by molar-refractivity contribution is 5.92. The van der Waals surface area contributed by atoms with E-state index in [1.807, 2.05) is 72.8 Å². The molecule has 11 nitrogen and oxygen atoms in total. The van der Waals surface area contributed by atoms with E-state index < -0.39 is 41.6 Å². The van der Waals surface area contributed by atoms with Gasteiger partial charge in [-0.15, -0.1) is 0 Å². The second kappa shape index (κ2) is 16.1. The number of rotatable bonds is 14. The largest absolute Gasteiger partial charge is 0.444 e. The Kier molecular flexibility index (Phi) is 12.3. The molecule has 0 heterocycles. The van der Waals surface area contributed by atoms with Gasteiger partial charge in [-0.2, -0.15) is 0 Å². The molecule has 0 aliphatic carbocycles. The molecule has 234 valence electrons. The van der Waals surface area contributed by atoms with Gasteiger partial charge >= 0.3 is 6.09 Å². The number of carbonyl (C=O) groups is 4. The van der Waals surface area contributed by atoms with Crippen molar-refractivity contribution in [3.8, 4) is 0 Å². The maximum absolute atomic E-state index is 13.8. The molecule has 3 amide bonds. The Hall–Kier alpha value is -4.93. The van der Waals surface area contributed by atoms with E-state index in [4.69, 9.17) is 16.2 Å². The zero-order valence-corrected chi connectivity index (χ0v) is 25.4. The third-order valence-electron chi connectivity index (χ3n) is 6.64. The molecule has 3 rings (SSSR count). The molecular weight excluding hydrogens is 560 g/mol. The van der Waals surface area contributed by atoms with Crippen molar-refractivity contribution < 1.29 is 23.9 Å². The average molecular weight is 603 g/mol. The number of alkyl carbamates (subject to hydrolysis) is 1. The summed E-state index contributed by atoms with van der Waals surface area (Å²) in [6, 6.07) is 19.9. The predicted octanol–water partition coefficient (Wildman–Crippen LogP) is 2.74. The summed E-state index contributed by atoms with van der Waals surface area (Å²) in [5.41, 5.74) is 11.5. The maximum atomic E-state index is 13.8. The standard InChI is InChI=1S/C33H42N6O5/c1-33(2,3)44-32(43)39-28(20-23-15-16-24-12-7-8-13-25(24)18-23)30(42)38-27(19-22-10-5-4-6-11-22)29(41)37-26(21-40)14-9-17-36-31(34)35/h4-8,10-13,15-16,18,21,26-28H,9,14,17,19-20H2,1-3H3,(H,37,41)(H,38,42)(H,39,43)(H4,34,35,36)/t26-,27-,28+/m0/s1. The van der Waals surface area contributed by atoms with Crippen LogP contribution >= 0.6 is 0 Å². The number of benzene rings is 3. The van der Waals surface area contributed by atoms with Crippen LogP contribution in [0.15, 0.2) is 77.8 Å². The zero-order valence-electron chi connectivity index (χ0n) is 25.4. The van der Waals surface area contributed by atoms with Crippen molar-refractivity contribution in [2.45, 2.75) is 70.2 Å². The van der Waals surface area contributed by atoms with E-state index in [-0.39, 0.29) is 18.8 Å². The first-order chi connectivity index (χ1) is 20.9. The van der Waals surface area contributed by atoms with Gasteiger partial charge in [-0.05, 0) is 55.5 Å². The lowest BCUT2D eigenvalue weighted by Gasteiger charge is -2.26. The quantitative estimate of drug-likeness (QED) is 0.0815. The topological polar surface area (TPSA) is 178 Å². The number of amides is 3. The fourth-order valence-electron chi connectivity index (χ4n) is 4.57. The van der Waals surface area contributed by atoms with E-state index in [9.17, 15) is 19.2 Å². The van der Waals surface area contributed by atoms with Crippen molar-refractivity contribution in [2.75, 3.05) is 6.54 Å². The van der Waals surface area contributed by atoms with E-state index >= 15 is 0 Å². The highest BCUT2D eigenvalue weighted by atomic mass is 16.6. The van der Waals surface area contributed by atoms with Crippen LogP contribution in [0.5, 0.6) is 0 Å². The second-order valence-electron chi connectivity index (χ2n) is 11.5. The summed E-state index contributed by atoms with van der Waals surface area (Å²) < 4.78 is 5.43. The Morgan fingerprint density at radius 1 is 0.818 bits per heavy atom. The summed E-state index contributed by atoms with van der Waals surface area (Å²) in [5, 5.41) is 10.2. The van der Waals surface area contributed by atoms with Crippen LogP contribution in [0.25, 0.3) is 10.8 Å². The molecule has 0 aromatic heterocycles. The molecule has 3 aromatic carbocycles. The molecule has 0 radical (unpaired) electrons. The summed E-state index contributed by atoms with van der Waals surface area (Å²) in [6.45, 7) is 5.49. The number of aliphatic imine (C=N–C) groups is 1. The monoisotopic (exact) mass is 602 g/mol. The summed E-state index contributed by atoms with van der Waals surface area (Å²) in [4.78, 5) is 55.7. The molecule has 0 aliphatic rings. The Morgan fingerprint density at radius 3 is 2.09 bits per heavy atom. The molecule has 3 aromatic rings. The first kappa shape index (κ1) is 33.6. The van der Waals surface area contributed by atoms with Gasteiger partial charge < -0.3 is 36.9 Å². The predicted molar refractivity (Wildman–Crippen MR) is 171 cm³/mol. The number of nitrogens with one attached hydrogen (secondary N) is 3. The zero-order chi connectivity index (χ0) is 32.1. The molecule has 44 heavy (non-hydrogen) atoms.